The minimum Gasteiger partial charge on any atom is -0.495 e. The minimum absolute atomic E-state index is 0.00971. The van der Waals surface area contributed by atoms with Crippen molar-refractivity contribution in [1.29, 1.82) is 0 Å². The lowest BCUT2D eigenvalue weighted by Gasteiger charge is -2.34. The quantitative estimate of drug-likeness (QED) is 0.545. The van der Waals surface area contributed by atoms with E-state index in [0.717, 1.165) is 17.0 Å². The third-order valence-corrected chi connectivity index (χ3v) is 8.35. The summed E-state index contributed by atoms with van der Waals surface area (Å²) in [6, 6.07) is 11.9. The van der Waals surface area contributed by atoms with Crippen LogP contribution in [0.5, 0.6) is 5.75 Å². The molecule has 0 saturated carbocycles. The fraction of sp³-hybridized carbons (Fsp3) is 0.333. The maximum absolute atomic E-state index is 13.5. The third-order valence-electron chi connectivity index (χ3n) is 5.68. The zero-order valence-corrected chi connectivity index (χ0v) is 20.4. The Hall–Kier alpha value is -2.75. The zero-order chi connectivity index (χ0) is 23.6. The molecule has 0 radical (unpaired) electrons. The van der Waals surface area contributed by atoms with Crippen LogP contribution in [0.25, 0.3) is 10.6 Å². The number of carbonyl (C=O) groups excluding carboxylic acids is 1. The second kappa shape index (κ2) is 9.62. The number of anilines is 1. The van der Waals surface area contributed by atoms with Crippen molar-refractivity contribution in [2.45, 2.75) is 25.2 Å². The predicted molar refractivity (Wildman–Crippen MR) is 130 cm³/mol. The van der Waals surface area contributed by atoms with E-state index in [9.17, 15) is 13.2 Å². The van der Waals surface area contributed by atoms with Gasteiger partial charge in [-0.25, -0.2) is 13.4 Å². The highest BCUT2D eigenvalue weighted by Gasteiger charge is 2.34. The maximum Gasteiger partial charge on any atom is 0.255 e. The van der Waals surface area contributed by atoms with Crippen LogP contribution in [0.1, 0.15) is 30.6 Å². The summed E-state index contributed by atoms with van der Waals surface area (Å²) >= 11 is 1.51. The Kier molecular flexibility index (Phi) is 6.83. The Morgan fingerprint density at radius 2 is 1.91 bits per heavy atom. The van der Waals surface area contributed by atoms with Crippen molar-refractivity contribution in [3.63, 3.8) is 0 Å². The van der Waals surface area contributed by atoms with Gasteiger partial charge in [0.1, 0.15) is 15.7 Å². The van der Waals surface area contributed by atoms with Gasteiger partial charge >= 0.3 is 0 Å². The Labute approximate surface area is 198 Å². The van der Waals surface area contributed by atoms with E-state index in [2.05, 4.69) is 24.1 Å². The zero-order valence-electron chi connectivity index (χ0n) is 18.8. The molecule has 2 atom stereocenters. The van der Waals surface area contributed by atoms with Crippen LogP contribution in [-0.2, 0) is 10.0 Å². The number of benzene rings is 2. The number of methoxy groups -OCH3 is 1. The van der Waals surface area contributed by atoms with Gasteiger partial charge in [0, 0.05) is 41.5 Å². The largest absolute Gasteiger partial charge is 0.495 e. The van der Waals surface area contributed by atoms with E-state index in [1.807, 2.05) is 23.6 Å². The topological polar surface area (TPSA) is 88.6 Å². The number of carbonyl (C=O) groups is 1. The lowest BCUT2D eigenvalue weighted by molar-refractivity contribution is 0.102. The number of ether oxygens (including phenoxy) is 1. The molecule has 2 heterocycles. The molecule has 3 aromatic rings. The second-order valence-corrected chi connectivity index (χ2v) is 11.3. The van der Waals surface area contributed by atoms with Crippen LogP contribution in [0.4, 0.5) is 5.69 Å². The molecule has 33 heavy (non-hydrogen) atoms. The molecular formula is C24H27N3O4S2. The van der Waals surface area contributed by atoms with Crippen molar-refractivity contribution < 1.29 is 17.9 Å². The summed E-state index contributed by atoms with van der Waals surface area (Å²) in [5, 5.41) is 5.61. The molecule has 1 N–H and O–H groups in total. The molecular weight excluding hydrogens is 458 g/mol. The Balaban J connectivity index is 1.61. The molecule has 174 valence electrons. The first-order valence-electron chi connectivity index (χ1n) is 10.8. The summed E-state index contributed by atoms with van der Waals surface area (Å²) in [6.45, 7) is 5.02. The van der Waals surface area contributed by atoms with Crippen molar-refractivity contribution >= 4 is 33.0 Å². The number of thiazole rings is 1. The molecule has 1 amide bonds. The van der Waals surface area contributed by atoms with Crippen LogP contribution in [0.2, 0.25) is 0 Å². The molecule has 1 aliphatic rings. The highest BCUT2D eigenvalue weighted by molar-refractivity contribution is 7.89. The number of nitrogens with one attached hydrogen (secondary N) is 1. The van der Waals surface area contributed by atoms with Gasteiger partial charge in [-0.2, -0.15) is 4.31 Å². The van der Waals surface area contributed by atoms with Gasteiger partial charge in [0.05, 0.1) is 7.11 Å². The first-order valence-corrected chi connectivity index (χ1v) is 13.1. The molecule has 1 saturated heterocycles. The fourth-order valence-electron chi connectivity index (χ4n) is 4.26. The summed E-state index contributed by atoms with van der Waals surface area (Å²) < 4.78 is 33.8. The summed E-state index contributed by atoms with van der Waals surface area (Å²) in [6.07, 6.45) is 2.72. The van der Waals surface area contributed by atoms with E-state index in [4.69, 9.17) is 4.74 Å². The maximum atomic E-state index is 13.5. The molecule has 4 rings (SSSR count). The van der Waals surface area contributed by atoms with Gasteiger partial charge < -0.3 is 10.1 Å². The number of aromatic nitrogens is 1. The smallest absolute Gasteiger partial charge is 0.255 e. The van der Waals surface area contributed by atoms with Gasteiger partial charge in [0.25, 0.3) is 5.91 Å². The number of nitrogens with zero attached hydrogens (tertiary/aromatic N) is 2. The van der Waals surface area contributed by atoms with Gasteiger partial charge in [-0.15, -0.1) is 11.3 Å². The molecule has 0 spiro atoms. The van der Waals surface area contributed by atoms with Gasteiger partial charge in [0.2, 0.25) is 10.0 Å². The molecule has 2 aromatic carbocycles. The highest BCUT2D eigenvalue weighted by Crippen LogP contribution is 2.32. The standard InChI is InChI=1S/C24H27N3O4S2/c1-16-11-17(2)15-27(14-16)33(29,30)22-13-18(7-8-21(22)31-3)23(28)26-20-6-4-5-19(12-20)24-25-9-10-32-24/h4-10,12-13,16-17H,11,14-15H2,1-3H3,(H,26,28). The van der Waals surface area contributed by atoms with E-state index in [-0.39, 0.29) is 28.0 Å². The van der Waals surface area contributed by atoms with E-state index >= 15 is 0 Å². The Bertz CT molecular complexity index is 1230. The molecule has 1 fully saturated rings. The third kappa shape index (κ3) is 5.10. The minimum atomic E-state index is -3.81. The molecule has 2 unspecified atom stereocenters. The SMILES string of the molecule is COc1ccc(C(=O)Nc2cccc(-c3nccs3)c2)cc1S(=O)(=O)N1CC(C)CC(C)C1. The Morgan fingerprint density at radius 3 is 2.58 bits per heavy atom. The number of sulfonamides is 1. The van der Waals surface area contributed by atoms with Crippen LogP contribution in [0.3, 0.4) is 0 Å². The van der Waals surface area contributed by atoms with Crippen LogP contribution in [-0.4, -0.2) is 43.8 Å². The molecule has 0 bridgehead atoms. The van der Waals surface area contributed by atoms with Gasteiger partial charge in [0.15, 0.2) is 0 Å². The summed E-state index contributed by atoms with van der Waals surface area (Å²) in [4.78, 5) is 17.3. The van der Waals surface area contributed by atoms with E-state index in [1.165, 1.54) is 34.9 Å². The predicted octanol–water partition coefficient (Wildman–Crippen LogP) is 4.74. The fourth-order valence-corrected chi connectivity index (χ4v) is 6.76. The van der Waals surface area contributed by atoms with E-state index in [1.54, 1.807) is 18.3 Å². The first kappa shape index (κ1) is 23.4. The summed E-state index contributed by atoms with van der Waals surface area (Å²) in [5.74, 6) is 0.367. The van der Waals surface area contributed by atoms with Crippen molar-refractivity contribution in [3.8, 4) is 16.3 Å². The highest BCUT2D eigenvalue weighted by atomic mass is 32.2. The lowest BCUT2D eigenvalue weighted by atomic mass is 9.94. The molecule has 1 aliphatic heterocycles. The first-order chi connectivity index (χ1) is 15.8. The van der Waals surface area contributed by atoms with Crippen molar-refractivity contribution in [2.75, 3.05) is 25.5 Å². The van der Waals surface area contributed by atoms with Crippen molar-refractivity contribution in [2.24, 2.45) is 11.8 Å². The van der Waals surface area contributed by atoms with Gasteiger partial charge in [-0.05, 0) is 48.6 Å². The Morgan fingerprint density at radius 1 is 1.15 bits per heavy atom. The van der Waals surface area contributed by atoms with Crippen LogP contribution in [0, 0.1) is 11.8 Å². The van der Waals surface area contributed by atoms with E-state index in [0.29, 0.717) is 18.8 Å². The molecule has 9 heteroatoms. The monoisotopic (exact) mass is 485 g/mol. The molecule has 1 aromatic heterocycles. The van der Waals surface area contributed by atoms with Gasteiger partial charge in [-0.1, -0.05) is 26.0 Å². The van der Waals surface area contributed by atoms with Crippen LogP contribution < -0.4 is 10.1 Å². The van der Waals surface area contributed by atoms with Crippen molar-refractivity contribution in [1.82, 2.24) is 9.29 Å². The summed E-state index contributed by atoms with van der Waals surface area (Å²) in [7, 11) is -2.38. The molecule has 0 aliphatic carbocycles. The van der Waals surface area contributed by atoms with Crippen LogP contribution in [0.15, 0.2) is 58.9 Å². The average Bonchev–Trinajstić information content (AvgIpc) is 3.33. The number of amides is 1. The number of rotatable bonds is 6. The van der Waals surface area contributed by atoms with Crippen molar-refractivity contribution in [3.05, 3.63) is 59.6 Å². The average molecular weight is 486 g/mol. The second-order valence-electron chi connectivity index (χ2n) is 8.51. The van der Waals surface area contributed by atoms with Gasteiger partial charge in [-0.3, -0.25) is 4.79 Å². The summed E-state index contributed by atoms with van der Waals surface area (Å²) in [5.41, 5.74) is 1.74. The lowest BCUT2D eigenvalue weighted by Crippen LogP contribution is -2.42. The van der Waals surface area contributed by atoms with Crippen LogP contribution >= 0.6 is 11.3 Å². The number of piperidine rings is 1. The van der Waals surface area contributed by atoms with E-state index < -0.39 is 15.9 Å². The number of hydrogen-bond acceptors (Lipinski definition) is 6. The number of hydrogen-bond donors (Lipinski definition) is 1. The normalized spacial score (nSPS) is 19.2. The molecule has 7 nitrogen and oxygen atoms in total.